The van der Waals surface area contributed by atoms with Crippen LogP contribution in [0.15, 0.2) is 47.4 Å². The third kappa shape index (κ3) is 3.00. The van der Waals surface area contributed by atoms with Crippen molar-refractivity contribution in [2.24, 2.45) is 0 Å². The molecule has 0 amide bonds. The summed E-state index contributed by atoms with van der Waals surface area (Å²) in [6.45, 7) is 0. The molecule has 0 aliphatic heterocycles. The number of aryl methyl sites for hydroxylation is 1. The first kappa shape index (κ1) is 17.7. The molecule has 1 aliphatic carbocycles. The number of nitrogens with one attached hydrogen (secondary N) is 1. The molecular formula is C19H16FNO5S. The predicted molar refractivity (Wildman–Crippen MR) is 95.6 cm³/mol. The van der Waals surface area contributed by atoms with Crippen LogP contribution in [0.4, 0.5) is 4.39 Å². The first-order chi connectivity index (χ1) is 12.9. The molecule has 8 heteroatoms. The first-order valence-corrected chi connectivity index (χ1v) is 9.84. The Kier molecular flexibility index (Phi) is 4.24. The van der Waals surface area contributed by atoms with Crippen molar-refractivity contribution in [2.45, 2.75) is 30.3 Å². The maximum absolute atomic E-state index is 14.3. The highest BCUT2D eigenvalue weighted by atomic mass is 32.2. The highest BCUT2D eigenvalue weighted by molar-refractivity contribution is 7.86. The number of carboxylic acids is 1. The van der Waals surface area contributed by atoms with Gasteiger partial charge < -0.3 is 10.1 Å². The Morgan fingerprint density at radius 2 is 1.93 bits per heavy atom. The van der Waals surface area contributed by atoms with E-state index < -0.39 is 28.0 Å². The molecule has 1 unspecified atom stereocenters. The van der Waals surface area contributed by atoms with Gasteiger partial charge in [0.05, 0.1) is 21.7 Å². The zero-order chi connectivity index (χ0) is 19.2. The van der Waals surface area contributed by atoms with Crippen molar-refractivity contribution in [3.63, 3.8) is 0 Å². The van der Waals surface area contributed by atoms with Crippen molar-refractivity contribution in [3.05, 3.63) is 65.1 Å². The molecule has 2 aromatic carbocycles. The van der Waals surface area contributed by atoms with Crippen LogP contribution in [0.2, 0.25) is 0 Å². The smallest absolute Gasteiger partial charge is 0.336 e. The molecule has 1 atom stereocenters. The number of halogens is 1. The number of aromatic carboxylic acids is 1. The second-order valence-electron chi connectivity index (χ2n) is 6.41. The number of hydrogen-bond donors (Lipinski definition) is 2. The van der Waals surface area contributed by atoms with E-state index in [1.54, 1.807) is 18.2 Å². The average molecular weight is 389 g/mol. The molecule has 27 heavy (non-hydrogen) atoms. The summed E-state index contributed by atoms with van der Waals surface area (Å²) < 4.78 is 44.8. The zero-order valence-electron chi connectivity index (χ0n) is 14.1. The summed E-state index contributed by atoms with van der Waals surface area (Å²) in [7, 11) is -4.01. The number of aromatic amines is 1. The molecule has 0 radical (unpaired) electrons. The molecule has 3 aromatic rings. The van der Waals surface area contributed by atoms with E-state index >= 15 is 0 Å². The van der Waals surface area contributed by atoms with Gasteiger partial charge in [0.15, 0.2) is 0 Å². The van der Waals surface area contributed by atoms with E-state index in [0.29, 0.717) is 30.5 Å². The van der Waals surface area contributed by atoms with Crippen LogP contribution in [0.5, 0.6) is 0 Å². The third-order valence-corrected chi connectivity index (χ3v) is 6.10. The fourth-order valence-electron chi connectivity index (χ4n) is 3.57. The predicted octanol–water partition coefficient (Wildman–Crippen LogP) is 3.79. The van der Waals surface area contributed by atoms with Gasteiger partial charge >= 0.3 is 5.97 Å². The minimum absolute atomic E-state index is 0.0181. The molecule has 0 bridgehead atoms. The summed E-state index contributed by atoms with van der Waals surface area (Å²) in [5.41, 5.74) is 1.06. The number of benzene rings is 2. The van der Waals surface area contributed by atoms with Crippen LogP contribution in [0.25, 0.3) is 10.9 Å². The lowest BCUT2D eigenvalue weighted by atomic mass is 9.92. The van der Waals surface area contributed by atoms with E-state index in [2.05, 4.69) is 4.98 Å². The molecule has 0 saturated heterocycles. The lowest BCUT2D eigenvalue weighted by Gasteiger charge is -2.22. The molecule has 1 aliphatic rings. The third-order valence-electron chi connectivity index (χ3n) is 4.76. The molecular weight excluding hydrogens is 373 g/mol. The van der Waals surface area contributed by atoms with Crippen LogP contribution in [-0.2, 0) is 20.7 Å². The van der Waals surface area contributed by atoms with Gasteiger partial charge in [-0.3, -0.25) is 4.18 Å². The summed E-state index contributed by atoms with van der Waals surface area (Å²) in [5.74, 6) is -1.75. The van der Waals surface area contributed by atoms with Gasteiger partial charge in [-0.15, -0.1) is 0 Å². The van der Waals surface area contributed by atoms with E-state index in [4.69, 9.17) is 4.18 Å². The van der Waals surface area contributed by atoms with E-state index in [1.807, 2.05) is 0 Å². The van der Waals surface area contributed by atoms with Crippen LogP contribution < -0.4 is 0 Å². The first-order valence-electron chi connectivity index (χ1n) is 8.43. The Morgan fingerprint density at radius 3 is 2.63 bits per heavy atom. The Labute approximate surface area is 154 Å². The van der Waals surface area contributed by atoms with Gasteiger partial charge in [-0.2, -0.15) is 8.42 Å². The maximum Gasteiger partial charge on any atom is 0.336 e. The molecule has 4 rings (SSSR count). The Bertz CT molecular complexity index is 1140. The minimum atomic E-state index is -4.01. The summed E-state index contributed by atoms with van der Waals surface area (Å²) in [4.78, 5) is 14.5. The number of fused-ring (bicyclic) bond motifs is 3. The fraction of sp³-hybridized carbons (Fsp3) is 0.211. The van der Waals surface area contributed by atoms with Gasteiger partial charge in [0.2, 0.25) is 0 Å². The summed E-state index contributed by atoms with van der Waals surface area (Å²) in [5, 5.41) is 9.71. The summed E-state index contributed by atoms with van der Waals surface area (Å²) >= 11 is 0. The molecule has 0 fully saturated rings. The van der Waals surface area contributed by atoms with Crippen LogP contribution in [0, 0.1) is 5.82 Å². The number of H-pyrrole nitrogens is 1. The Morgan fingerprint density at radius 1 is 1.19 bits per heavy atom. The molecule has 2 N–H and O–H groups in total. The normalized spacial score (nSPS) is 17.0. The van der Waals surface area contributed by atoms with Gasteiger partial charge in [0, 0.05) is 5.39 Å². The standard InChI is InChI=1S/C19H16FNO5S/c20-14-10-9-13(19(22)23)16-12-7-4-8-15(17(12)21-18(14)16)26-27(24,25)11-5-2-1-3-6-11/h1-3,5-6,9-10,15,21H,4,7-8H2,(H,22,23). The average Bonchev–Trinajstić information content (AvgIpc) is 3.04. The second kappa shape index (κ2) is 6.47. The number of carboxylic acid groups (broad SMARTS) is 1. The van der Waals surface area contributed by atoms with Crippen molar-refractivity contribution < 1.29 is 26.9 Å². The highest BCUT2D eigenvalue weighted by Gasteiger charge is 2.32. The van der Waals surface area contributed by atoms with Crippen LogP contribution >= 0.6 is 0 Å². The van der Waals surface area contributed by atoms with Crippen molar-refractivity contribution >= 4 is 27.0 Å². The van der Waals surface area contributed by atoms with E-state index in [0.717, 1.165) is 6.07 Å². The lowest BCUT2D eigenvalue weighted by molar-refractivity contribution is 0.0699. The van der Waals surface area contributed by atoms with Crippen LogP contribution in [-0.4, -0.2) is 24.5 Å². The monoisotopic (exact) mass is 389 g/mol. The number of rotatable bonds is 4. The molecule has 140 valence electrons. The van der Waals surface area contributed by atoms with Crippen LogP contribution in [0.1, 0.15) is 40.6 Å². The molecule has 0 spiro atoms. The second-order valence-corrected chi connectivity index (χ2v) is 7.98. The highest BCUT2D eigenvalue weighted by Crippen LogP contribution is 2.40. The fourth-order valence-corrected chi connectivity index (χ4v) is 4.67. The topological polar surface area (TPSA) is 96.5 Å². The van der Waals surface area contributed by atoms with E-state index in [9.17, 15) is 22.7 Å². The van der Waals surface area contributed by atoms with Gasteiger partial charge in [-0.1, -0.05) is 18.2 Å². The van der Waals surface area contributed by atoms with E-state index in [1.165, 1.54) is 18.2 Å². The van der Waals surface area contributed by atoms with Crippen LogP contribution in [0.3, 0.4) is 0 Å². The summed E-state index contributed by atoms with van der Waals surface area (Å²) in [6, 6.07) is 10.1. The summed E-state index contributed by atoms with van der Waals surface area (Å²) in [6.07, 6.45) is 0.720. The molecule has 0 saturated carbocycles. The Balaban J connectivity index is 1.82. The largest absolute Gasteiger partial charge is 0.478 e. The van der Waals surface area contributed by atoms with Gasteiger partial charge in [0.25, 0.3) is 10.1 Å². The van der Waals surface area contributed by atoms with Crippen molar-refractivity contribution in [3.8, 4) is 0 Å². The SMILES string of the molecule is O=C(O)c1ccc(F)c2[nH]c3c(c12)CCCC3OS(=O)(=O)c1ccccc1. The van der Waals surface area contributed by atoms with Crippen molar-refractivity contribution in [1.29, 1.82) is 0 Å². The zero-order valence-corrected chi connectivity index (χ0v) is 14.9. The van der Waals surface area contributed by atoms with Crippen molar-refractivity contribution in [1.82, 2.24) is 4.98 Å². The van der Waals surface area contributed by atoms with E-state index in [-0.39, 0.29) is 21.4 Å². The number of aromatic nitrogens is 1. The van der Waals surface area contributed by atoms with Gasteiger partial charge in [-0.05, 0) is 49.1 Å². The molecule has 6 nitrogen and oxygen atoms in total. The maximum atomic E-state index is 14.3. The molecule has 1 heterocycles. The van der Waals surface area contributed by atoms with Crippen molar-refractivity contribution in [2.75, 3.05) is 0 Å². The van der Waals surface area contributed by atoms with Gasteiger partial charge in [0.1, 0.15) is 11.9 Å². The lowest BCUT2D eigenvalue weighted by Crippen LogP contribution is -2.17. The minimum Gasteiger partial charge on any atom is -0.478 e. The Hall–Kier alpha value is -2.71. The quantitative estimate of drug-likeness (QED) is 0.662. The number of hydrogen-bond acceptors (Lipinski definition) is 4. The molecule has 1 aromatic heterocycles. The van der Waals surface area contributed by atoms with Gasteiger partial charge in [-0.25, -0.2) is 9.18 Å². The number of carbonyl (C=O) groups is 1.